The van der Waals surface area contributed by atoms with Crippen molar-refractivity contribution in [2.75, 3.05) is 44.0 Å². The zero-order valence-corrected chi connectivity index (χ0v) is 19.6. The Bertz CT molecular complexity index is 781. The third-order valence-corrected chi connectivity index (χ3v) is 4.89. The predicted octanol–water partition coefficient (Wildman–Crippen LogP) is 3.36. The van der Waals surface area contributed by atoms with Gasteiger partial charge in [0, 0.05) is 63.7 Å². The number of hydrogen-bond acceptors (Lipinski definition) is 4. The Morgan fingerprint density at radius 1 is 1.32 bits per heavy atom. The summed E-state index contributed by atoms with van der Waals surface area (Å²) in [4.78, 5) is 13.1. The average Bonchev–Trinajstić information content (AvgIpc) is 3.14. The van der Waals surface area contributed by atoms with Crippen molar-refractivity contribution in [3.63, 3.8) is 0 Å². The first-order valence-electron chi connectivity index (χ1n) is 9.15. The molecule has 0 bridgehead atoms. The number of halogens is 2. The molecule has 1 aromatic carbocycles. The van der Waals surface area contributed by atoms with Crippen molar-refractivity contribution in [1.82, 2.24) is 15.6 Å². The highest BCUT2D eigenvalue weighted by Crippen LogP contribution is 2.23. The number of aliphatic imine (C=N–C) groups is 1. The van der Waals surface area contributed by atoms with Gasteiger partial charge in [-0.1, -0.05) is 23.7 Å². The number of guanidine groups is 1. The summed E-state index contributed by atoms with van der Waals surface area (Å²) < 4.78 is 0. The lowest BCUT2D eigenvalue weighted by Gasteiger charge is -2.20. The van der Waals surface area contributed by atoms with Crippen LogP contribution < -0.4 is 20.4 Å². The number of benzene rings is 1. The SMILES string of the molecule is CN=C(NCc1ccc(N(C)C)nc1)NC1CCN(c2cccc(Cl)c2)C1.I. The second kappa shape index (κ2) is 10.7. The first kappa shape index (κ1) is 22.5. The average molecular weight is 515 g/mol. The van der Waals surface area contributed by atoms with Gasteiger partial charge in [-0.3, -0.25) is 4.99 Å². The maximum atomic E-state index is 6.11. The molecule has 28 heavy (non-hydrogen) atoms. The van der Waals surface area contributed by atoms with Gasteiger partial charge in [0.1, 0.15) is 5.82 Å². The minimum atomic E-state index is 0. The third-order valence-electron chi connectivity index (χ3n) is 4.65. The van der Waals surface area contributed by atoms with E-state index in [0.717, 1.165) is 41.9 Å². The molecule has 0 saturated carbocycles. The van der Waals surface area contributed by atoms with Crippen LogP contribution in [0.4, 0.5) is 11.5 Å². The monoisotopic (exact) mass is 514 g/mol. The van der Waals surface area contributed by atoms with Gasteiger partial charge in [0.05, 0.1) is 0 Å². The van der Waals surface area contributed by atoms with Crippen molar-refractivity contribution in [1.29, 1.82) is 0 Å². The number of nitrogens with one attached hydrogen (secondary N) is 2. The second-order valence-corrected chi connectivity index (χ2v) is 7.34. The quantitative estimate of drug-likeness (QED) is 0.364. The summed E-state index contributed by atoms with van der Waals surface area (Å²) in [6.45, 7) is 2.62. The molecular formula is C20H28ClIN6. The van der Waals surface area contributed by atoms with E-state index in [2.05, 4.69) is 37.6 Å². The number of aromatic nitrogens is 1. The van der Waals surface area contributed by atoms with E-state index >= 15 is 0 Å². The van der Waals surface area contributed by atoms with Gasteiger partial charge in [-0.2, -0.15) is 0 Å². The minimum absolute atomic E-state index is 0. The predicted molar refractivity (Wildman–Crippen MR) is 129 cm³/mol. The zero-order valence-electron chi connectivity index (χ0n) is 16.5. The topological polar surface area (TPSA) is 55.8 Å². The van der Waals surface area contributed by atoms with Crippen molar-refractivity contribution in [2.45, 2.75) is 19.0 Å². The van der Waals surface area contributed by atoms with Crippen LogP contribution in [0.25, 0.3) is 0 Å². The highest BCUT2D eigenvalue weighted by molar-refractivity contribution is 14.0. The van der Waals surface area contributed by atoms with E-state index in [1.165, 1.54) is 5.69 Å². The molecule has 1 aliphatic heterocycles. The van der Waals surface area contributed by atoms with Crippen molar-refractivity contribution in [3.8, 4) is 0 Å². The molecule has 1 aromatic heterocycles. The molecule has 2 heterocycles. The lowest BCUT2D eigenvalue weighted by Crippen LogP contribution is -2.44. The van der Waals surface area contributed by atoms with Gasteiger partial charge in [-0.25, -0.2) is 4.98 Å². The molecule has 0 aliphatic carbocycles. The van der Waals surface area contributed by atoms with Crippen molar-refractivity contribution >= 4 is 53.0 Å². The molecule has 1 saturated heterocycles. The second-order valence-electron chi connectivity index (χ2n) is 6.90. The van der Waals surface area contributed by atoms with Crippen LogP contribution in [-0.4, -0.2) is 51.2 Å². The summed E-state index contributed by atoms with van der Waals surface area (Å²) in [5.74, 6) is 1.76. The Morgan fingerprint density at radius 2 is 2.14 bits per heavy atom. The van der Waals surface area contributed by atoms with Crippen LogP contribution in [0.5, 0.6) is 0 Å². The Balaban J connectivity index is 0.00000280. The van der Waals surface area contributed by atoms with E-state index in [9.17, 15) is 0 Å². The van der Waals surface area contributed by atoms with Gasteiger partial charge in [0.25, 0.3) is 0 Å². The number of nitrogens with zero attached hydrogens (tertiary/aromatic N) is 4. The van der Waals surface area contributed by atoms with E-state index in [1.54, 1.807) is 7.05 Å². The van der Waals surface area contributed by atoms with E-state index in [-0.39, 0.29) is 24.0 Å². The molecule has 152 valence electrons. The molecule has 3 rings (SSSR count). The highest BCUT2D eigenvalue weighted by atomic mass is 127. The molecule has 1 unspecified atom stereocenters. The third kappa shape index (κ3) is 6.13. The number of pyridine rings is 1. The Labute approximate surface area is 189 Å². The number of anilines is 2. The Kier molecular flexibility index (Phi) is 8.62. The molecule has 1 aliphatic rings. The number of rotatable bonds is 5. The smallest absolute Gasteiger partial charge is 0.191 e. The van der Waals surface area contributed by atoms with Gasteiger partial charge in [0.15, 0.2) is 5.96 Å². The fraction of sp³-hybridized carbons (Fsp3) is 0.400. The first-order chi connectivity index (χ1) is 13.0. The van der Waals surface area contributed by atoms with Crippen LogP contribution in [-0.2, 0) is 6.54 Å². The molecule has 0 spiro atoms. The molecule has 0 amide bonds. The van der Waals surface area contributed by atoms with Crippen molar-refractivity contribution in [3.05, 3.63) is 53.2 Å². The zero-order chi connectivity index (χ0) is 19.2. The summed E-state index contributed by atoms with van der Waals surface area (Å²) >= 11 is 6.11. The minimum Gasteiger partial charge on any atom is -0.369 e. The summed E-state index contributed by atoms with van der Waals surface area (Å²) in [7, 11) is 5.77. The highest BCUT2D eigenvalue weighted by Gasteiger charge is 2.23. The van der Waals surface area contributed by atoms with Crippen LogP contribution >= 0.6 is 35.6 Å². The summed E-state index contributed by atoms with van der Waals surface area (Å²) in [6.07, 6.45) is 2.96. The van der Waals surface area contributed by atoms with Crippen molar-refractivity contribution in [2.24, 2.45) is 4.99 Å². The lowest BCUT2D eigenvalue weighted by atomic mass is 10.2. The van der Waals surface area contributed by atoms with Gasteiger partial charge < -0.3 is 20.4 Å². The largest absolute Gasteiger partial charge is 0.369 e. The molecule has 1 atom stereocenters. The summed E-state index contributed by atoms with van der Waals surface area (Å²) in [5.41, 5.74) is 2.29. The van der Waals surface area contributed by atoms with Crippen molar-refractivity contribution < 1.29 is 0 Å². The molecular weight excluding hydrogens is 487 g/mol. The summed E-state index contributed by atoms with van der Waals surface area (Å²) in [5, 5.41) is 7.66. The lowest BCUT2D eigenvalue weighted by molar-refractivity contribution is 0.648. The fourth-order valence-corrected chi connectivity index (χ4v) is 3.33. The maximum absolute atomic E-state index is 6.11. The molecule has 2 N–H and O–H groups in total. The molecule has 8 heteroatoms. The van der Waals surface area contributed by atoms with Crippen LogP contribution in [0, 0.1) is 0 Å². The van der Waals surface area contributed by atoms with E-state index in [0.29, 0.717) is 12.6 Å². The first-order valence-corrected chi connectivity index (χ1v) is 9.53. The normalized spacial score (nSPS) is 16.5. The van der Waals surface area contributed by atoms with Gasteiger partial charge >= 0.3 is 0 Å². The maximum Gasteiger partial charge on any atom is 0.191 e. The summed E-state index contributed by atoms with van der Waals surface area (Å²) in [6, 6.07) is 12.5. The van der Waals surface area contributed by atoms with E-state index in [1.807, 2.05) is 49.5 Å². The van der Waals surface area contributed by atoms with Gasteiger partial charge in [0.2, 0.25) is 0 Å². The molecule has 1 fully saturated rings. The van der Waals surface area contributed by atoms with Gasteiger partial charge in [-0.05, 0) is 36.2 Å². The standard InChI is InChI=1S/C20H27ClN6.HI/c1-22-20(24-13-15-7-8-19(23-12-15)26(2)3)25-17-9-10-27(14-17)18-6-4-5-16(21)11-18;/h4-8,11-12,17H,9-10,13-14H2,1-3H3,(H2,22,24,25);1H. The molecule has 2 aromatic rings. The van der Waals surface area contributed by atoms with Gasteiger partial charge in [-0.15, -0.1) is 24.0 Å². The van der Waals surface area contributed by atoms with E-state index in [4.69, 9.17) is 11.6 Å². The van der Waals surface area contributed by atoms with Crippen LogP contribution in [0.15, 0.2) is 47.6 Å². The van der Waals surface area contributed by atoms with E-state index < -0.39 is 0 Å². The molecule has 0 radical (unpaired) electrons. The van der Waals surface area contributed by atoms with Crippen LogP contribution in [0.3, 0.4) is 0 Å². The fourth-order valence-electron chi connectivity index (χ4n) is 3.14. The Morgan fingerprint density at radius 3 is 2.79 bits per heavy atom. The Hall–Kier alpha value is -1.74. The van der Waals surface area contributed by atoms with Crippen LogP contribution in [0.2, 0.25) is 5.02 Å². The number of hydrogen-bond donors (Lipinski definition) is 2. The van der Waals surface area contributed by atoms with Crippen LogP contribution in [0.1, 0.15) is 12.0 Å². The molecule has 6 nitrogen and oxygen atoms in total.